The summed E-state index contributed by atoms with van der Waals surface area (Å²) in [5.41, 5.74) is 0.697. The molecule has 1 aliphatic heterocycles. The number of likely N-dealkylation sites (tertiary alicyclic amines) is 1. The minimum Gasteiger partial charge on any atom is -0.497 e. The zero-order valence-electron chi connectivity index (χ0n) is 13.8. The average Bonchev–Trinajstić information content (AvgIpc) is 3.38. The molecule has 0 N–H and O–H groups in total. The van der Waals surface area contributed by atoms with Crippen LogP contribution in [0.3, 0.4) is 0 Å². The number of amides is 1. The Hall–Kier alpha value is -2.37. The lowest BCUT2D eigenvalue weighted by Gasteiger charge is -2.30. The van der Waals surface area contributed by atoms with E-state index < -0.39 is 0 Å². The van der Waals surface area contributed by atoms with E-state index in [2.05, 4.69) is 10.2 Å². The largest absolute Gasteiger partial charge is 0.497 e. The summed E-state index contributed by atoms with van der Waals surface area (Å²) in [6.07, 6.45) is 4.06. The Kier molecular flexibility index (Phi) is 3.96. The summed E-state index contributed by atoms with van der Waals surface area (Å²) in [7, 11) is 1.62. The molecule has 0 radical (unpaired) electrons. The van der Waals surface area contributed by atoms with E-state index in [9.17, 15) is 4.79 Å². The van der Waals surface area contributed by atoms with Crippen LogP contribution in [-0.2, 0) is 0 Å². The van der Waals surface area contributed by atoms with Gasteiger partial charge in [0.2, 0.25) is 11.8 Å². The Morgan fingerprint density at radius 1 is 1.04 bits per heavy atom. The van der Waals surface area contributed by atoms with Crippen LogP contribution < -0.4 is 4.74 Å². The molecule has 0 spiro atoms. The highest BCUT2D eigenvalue weighted by Gasteiger charge is 2.32. The Morgan fingerprint density at radius 3 is 2.17 bits per heavy atom. The molecule has 1 aliphatic carbocycles. The quantitative estimate of drug-likeness (QED) is 0.863. The van der Waals surface area contributed by atoms with Crippen LogP contribution in [0.15, 0.2) is 28.7 Å². The van der Waals surface area contributed by atoms with Gasteiger partial charge >= 0.3 is 0 Å². The molecule has 6 nitrogen and oxygen atoms in total. The van der Waals surface area contributed by atoms with Crippen LogP contribution in [-0.4, -0.2) is 41.2 Å². The van der Waals surface area contributed by atoms with Gasteiger partial charge in [0.05, 0.1) is 7.11 Å². The molecule has 6 heteroatoms. The Labute approximate surface area is 140 Å². The molecule has 1 saturated carbocycles. The predicted octanol–water partition coefficient (Wildman–Crippen LogP) is 2.98. The molecule has 24 heavy (non-hydrogen) atoms. The topological polar surface area (TPSA) is 68.5 Å². The van der Waals surface area contributed by atoms with Crippen molar-refractivity contribution in [2.24, 2.45) is 0 Å². The summed E-state index contributed by atoms with van der Waals surface area (Å²) in [4.78, 5) is 14.5. The summed E-state index contributed by atoms with van der Waals surface area (Å²) in [6.45, 7) is 1.44. The highest BCUT2D eigenvalue weighted by atomic mass is 16.5. The third-order valence-electron chi connectivity index (χ3n) is 4.85. The van der Waals surface area contributed by atoms with Crippen molar-refractivity contribution in [1.29, 1.82) is 0 Å². The average molecular weight is 327 g/mol. The van der Waals surface area contributed by atoms with Gasteiger partial charge in [-0.1, -0.05) is 0 Å². The molecule has 0 atom stereocenters. The number of carbonyl (C=O) groups excluding carboxylic acids is 1. The lowest BCUT2D eigenvalue weighted by molar-refractivity contribution is 0.0706. The summed E-state index contributed by atoms with van der Waals surface area (Å²) < 4.78 is 10.9. The van der Waals surface area contributed by atoms with Gasteiger partial charge < -0.3 is 14.1 Å². The second kappa shape index (κ2) is 6.26. The minimum atomic E-state index is 0.0697. The number of piperidine rings is 1. The molecule has 2 heterocycles. The van der Waals surface area contributed by atoms with Gasteiger partial charge in [-0.05, 0) is 49.9 Å². The van der Waals surface area contributed by atoms with Crippen molar-refractivity contribution < 1.29 is 13.9 Å². The van der Waals surface area contributed by atoms with Gasteiger partial charge in [-0.25, -0.2) is 0 Å². The monoisotopic (exact) mass is 327 g/mol. The van der Waals surface area contributed by atoms with Gasteiger partial charge in [-0.15, -0.1) is 10.2 Å². The van der Waals surface area contributed by atoms with Crippen molar-refractivity contribution in [2.75, 3.05) is 20.2 Å². The fourth-order valence-corrected chi connectivity index (χ4v) is 3.15. The molecule has 126 valence electrons. The summed E-state index contributed by atoms with van der Waals surface area (Å²) in [6, 6.07) is 7.26. The molecule has 0 bridgehead atoms. The Morgan fingerprint density at radius 2 is 1.62 bits per heavy atom. The number of hydrogen-bond donors (Lipinski definition) is 0. The molecule has 2 aromatic rings. The van der Waals surface area contributed by atoms with Crippen molar-refractivity contribution in [1.82, 2.24) is 15.1 Å². The lowest BCUT2D eigenvalue weighted by Crippen LogP contribution is -2.38. The van der Waals surface area contributed by atoms with Crippen molar-refractivity contribution in [3.8, 4) is 5.75 Å². The number of aromatic nitrogens is 2. The highest BCUT2D eigenvalue weighted by molar-refractivity contribution is 5.94. The van der Waals surface area contributed by atoms with Crippen LogP contribution in [0.1, 0.15) is 59.7 Å². The predicted molar refractivity (Wildman–Crippen MR) is 87.1 cm³/mol. The number of ether oxygens (including phenoxy) is 1. The fraction of sp³-hybridized carbons (Fsp3) is 0.500. The SMILES string of the molecule is COc1ccc(C(=O)N2CCC(c3nnc(C4CC4)o3)CC2)cc1. The van der Waals surface area contributed by atoms with Crippen molar-refractivity contribution >= 4 is 5.91 Å². The van der Waals surface area contributed by atoms with Crippen LogP contribution in [0.4, 0.5) is 0 Å². The number of benzene rings is 1. The number of nitrogens with zero attached hydrogens (tertiary/aromatic N) is 3. The fourth-order valence-electron chi connectivity index (χ4n) is 3.15. The molecule has 0 unspecified atom stereocenters. The van der Waals surface area contributed by atoms with Crippen molar-refractivity contribution in [3.05, 3.63) is 41.6 Å². The second-order valence-corrected chi connectivity index (χ2v) is 6.55. The van der Waals surface area contributed by atoms with Crippen LogP contribution in [0.5, 0.6) is 5.75 Å². The molecule has 4 rings (SSSR count). The van der Waals surface area contributed by atoms with Crippen LogP contribution in [0.25, 0.3) is 0 Å². The first-order valence-corrected chi connectivity index (χ1v) is 8.51. The number of carbonyl (C=O) groups is 1. The number of rotatable bonds is 4. The minimum absolute atomic E-state index is 0.0697. The molecule has 1 amide bonds. The van der Waals surface area contributed by atoms with Gasteiger partial charge in [0.25, 0.3) is 5.91 Å². The van der Waals surface area contributed by atoms with Crippen LogP contribution in [0, 0.1) is 0 Å². The Balaban J connectivity index is 1.36. The number of methoxy groups -OCH3 is 1. The van der Waals surface area contributed by atoms with Crippen molar-refractivity contribution in [2.45, 2.75) is 37.5 Å². The van der Waals surface area contributed by atoms with Crippen LogP contribution in [0.2, 0.25) is 0 Å². The molecule has 2 fully saturated rings. The lowest BCUT2D eigenvalue weighted by atomic mass is 9.96. The summed E-state index contributed by atoms with van der Waals surface area (Å²) >= 11 is 0. The van der Waals surface area contributed by atoms with Gasteiger partial charge in [0.15, 0.2) is 0 Å². The third-order valence-corrected chi connectivity index (χ3v) is 4.85. The maximum Gasteiger partial charge on any atom is 0.253 e. The van der Waals surface area contributed by atoms with Gasteiger partial charge in [-0.2, -0.15) is 0 Å². The molecule has 1 aromatic carbocycles. The molecular formula is C18H21N3O3. The first kappa shape index (κ1) is 15.2. The third kappa shape index (κ3) is 3.00. The van der Waals surface area contributed by atoms with E-state index in [1.54, 1.807) is 7.11 Å². The van der Waals surface area contributed by atoms with E-state index in [-0.39, 0.29) is 11.8 Å². The normalized spacial score (nSPS) is 18.6. The zero-order valence-corrected chi connectivity index (χ0v) is 13.8. The van der Waals surface area contributed by atoms with Gasteiger partial charge in [-0.3, -0.25) is 4.79 Å². The summed E-state index contributed by atoms with van der Waals surface area (Å²) in [5.74, 6) is 3.12. The molecule has 2 aliphatic rings. The van der Waals surface area contributed by atoms with E-state index in [1.807, 2.05) is 29.2 Å². The number of hydrogen-bond acceptors (Lipinski definition) is 5. The van der Waals surface area contributed by atoms with E-state index in [0.717, 1.165) is 56.3 Å². The maximum atomic E-state index is 12.6. The maximum absolute atomic E-state index is 12.6. The first-order chi connectivity index (χ1) is 11.7. The highest BCUT2D eigenvalue weighted by Crippen LogP contribution is 2.40. The molecular weight excluding hydrogens is 306 g/mol. The van der Waals surface area contributed by atoms with Gasteiger partial charge in [0.1, 0.15) is 5.75 Å². The zero-order chi connectivity index (χ0) is 16.5. The van der Waals surface area contributed by atoms with E-state index >= 15 is 0 Å². The summed E-state index contributed by atoms with van der Waals surface area (Å²) in [5, 5.41) is 8.38. The van der Waals surface area contributed by atoms with Crippen LogP contribution >= 0.6 is 0 Å². The van der Waals surface area contributed by atoms with Crippen molar-refractivity contribution in [3.63, 3.8) is 0 Å². The van der Waals surface area contributed by atoms with E-state index in [4.69, 9.17) is 9.15 Å². The smallest absolute Gasteiger partial charge is 0.253 e. The van der Waals surface area contributed by atoms with E-state index in [0.29, 0.717) is 11.5 Å². The molecule has 1 saturated heterocycles. The van der Waals surface area contributed by atoms with E-state index in [1.165, 1.54) is 0 Å². The molecule has 1 aromatic heterocycles. The Bertz CT molecular complexity index is 713. The van der Waals surface area contributed by atoms with Gasteiger partial charge in [0, 0.05) is 30.5 Å². The second-order valence-electron chi connectivity index (χ2n) is 6.55. The first-order valence-electron chi connectivity index (χ1n) is 8.51. The standard InChI is InChI=1S/C18H21N3O3/c1-23-15-6-4-14(5-7-15)18(22)21-10-8-13(9-11-21)17-20-19-16(24-17)12-2-3-12/h4-7,12-13H,2-3,8-11H2,1H3.